The molecule has 0 aliphatic carbocycles. The van der Waals surface area contributed by atoms with Crippen molar-refractivity contribution in [3.63, 3.8) is 0 Å². The average molecular weight is 483 g/mol. The molecule has 8 heteroatoms. The molecule has 0 spiro atoms. The molecule has 0 radical (unpaired) electrons. The van der Waals surface area contributed by atoms with Gasteiger partial charge in [-0.3, -0.25) is 0 Å². The second-order valence-corrected chi connectivity index (χ2v) is 8.36. The second kappa shape index (κ2) is 11.8. The molecule has 0 saturated heterocycles. The summed E-state index contributed by atoms with van der Waals surface area (Å²) in [5.74, 6) is 1.16. The van der Waals surface area contributed by atoms with Crippen molar-refractivity contribution in [2.24, 2.45) is 0 Å². The van der Waals surface area contributed by atoms with E-state index in [0.717, 1.165) is 34.2 Å². The monoisotopic (exact) mass is 482 g/mol. The van der Waals surface area contributed by atoms with Crippen LogP contribution in [0.3, 0.4) is 0 Å². The number of benzene rings is 3. The number of aromatic nitrogens is 4. The van der Waals surface area contributed by atoms with E-state index in [-0.39, 0.29) is 6.03 Å². The van der Waals surface area contributed by atoms with Crippen molar-refractivity contribution >= 4 is 17.4 Å². The number of urea groups is 1. The number of aromatic amines is 1. The third kappa shape index (κ3) is 5.96. The molecule has 3 aromatic carbocycles. The number of allylic oxidation sites excluding steroid dienone is 2. The van der Waals surface area contributed by atoms with Gasteiger partial charge in [0, 0.05) is 16.8 Å². The minimum Gasteiger partial charge on any atom is -0.491 e. The fraction of sp³-hybridized carbons (Fsp3) is 0.214. The maximum Gasteiger partial charge on any atom is 0.323 e. The van der Waals surface area contributed by atoms with Gasteiger partial charge in [-0.05, 0) is 67.3 Å². The Labute approximate surface area is 210 Å². The quantitative estimate of drug-likeness (QED) is 0.240. The molecule has 0 aliphatic rings. The zero-order chi connectivity index (χ0) is 25.3. The van der Waals surface area contributed by atoms with Crippen LogP contribution in [0.15, 0.2) is 72.8 Å². The number of ether oxygens (including phenoxy) is 1. The first-order chi connectivity index (χ1) is 17.6. The SMILES string of the molecule is CC=CCc1cc(-c2ccccc2-c2nn[nH]n2)cc(NC(=O)Nc2ccc(C)cc2)c1OCCC. The van der Waals surface area contributed by atoms with E-state index in [4.69, 9.17) is 4.74 Å². The lowest BCUT2D eigenvalue weighted by atomic mass is 9.95. The number of aryl methyl sites for hydroxylation is 1. The minimum absolute atomic E-state index is 0.346. The normalized spacial score (nSPS) is 11.0. The van der Waals surface area contributed by atoms with Crippen LogP contribution < -0.4 is 15.4 Å². The van der Waals surface area contributed by atoms with E-state index in [9.17, 15) is 4.79 Å². The van der Waals surface area contributed by atoms with Gasteiger partial charge in [-0.15, -0.1) is 10.2 Å². The van der Waals surface area contributed by atoms with Gasteiger partial charge >= 0.3 is 6.03 Å². The van der Waals surface area contributed by atoms with E-state index in [1.807, 2.05) is 74.5 Å². The number of nitrogens with zero attached hydrogens (tertiary/aromatic N) is 3. The number of amides is 2. The van der Waals surface area contributed by atoms with Crippen LogP contribution in [0, 0.1) is 6.92 Å². The van der Waals surface area contributed by atoms with Gasteiger partial charge in [0.1, 0.15) is 5.75 Å². The van der Waals surface area contributed by atoms with Gasteiger partial charge in [0.15, 0.2) is 0 Å². The Hall–Kier alpha value is -4.46. The van der Waals surface area contributed by atoms with Gasteiger partial charge in [0.25, 0.3) is 0 Å². The second-order valence-electron chi connectivity index (χ2n) is 8.36. The van der Waals surface area contributed by atoms with Crippen LogP contribution in [-0.4, -0.2) is 33.3 Å². The lowest BCUT2D eigenvalue weighted by Crippen LogP contribution is -2.20. The van der Waals surface area contributed by atoms with Crippen molar-refractivity contribution in [3.05, 3.63) is 83.9 Å². The Balaban J connectivity index is 1.77. The van der Waals surface area contributed by atoms with Crippen LogP contribution in [-0.2, 0) is 6.42 Å². The number of carbonyl (C=O) groups excluding carboxylic acids is 1. The molecule has 8 nitrogen and oxygen atoms in total. The first-order valence-electron chi connectivity index (χ1n) is 12.0. The van der Waals surface area contributed by atoms with Crippen LogP contribution in [0.4, 0.5) is 16.2 Å². The van der Waals surface area contributed by atoms with E-state index in [0.29, 0.717) is 36.0 Å². The summed E-state index contributed by atoms with van der Waals surface area (Å²) in [5, 5.41) is 20.5. The van der Waals surface area contributed by atoms with Crippen molar-refractivity contribution in [2.45, 2.75) is 33.6 Å². The molecule has 36 heavy (non-hydrogen) atoms. The number of tetrazole rings is 1. The standard InChI is InChI=1S/C28H30N6O2/c1-4-6-9-20-17-21(23-10-7-8-11-24(23)27-31-33-34-32-27)18-25(26(20)36-16-5-2)30-28(35)29-22-14-12-19(3)13-15-22/h4,6-8,10-15,17-18H,5,9,16H2,1-3H3,(H2,29,30,35)(H,31,32,33,34). The predicted octanol–water partition coefficient (Wildman–Crippen LogP) is 6.39. The van der Waals surface area contributed by atoms with Gasteiger partial charge in [0.2, 0.25) is 5.82 Å². The number of rotatable bonds is 9. The van der Waals surface area contributed by atoms with Crippen molar-refractivity contribution in [1.29, 1.82) is 0 Å². The number of anilines is 2. The minimum atomic E-state index is -0.346. The number of H-pyrrole nitrogens is 1. The molecule has 0 fully saturated rings. The first kappa shape index (κ1) is 24.7. The largest absolute Gasteiger partial charge is 0.491 e. The van der Waals surface area contributed by atoms with Gasteiger partial charge in [-0.25, -0.2) is 4.79 Å². The van der Waals surface area contributed by atoms with E-state index in [1.165, 1.54) is 0 Å². The maximum absolute atomic E-state index is 13.0. The number of nitrogens with one attached hydrogen (secondary N) is 3. The van der Waals surface area contributed by atoms with Crippen LogP contribution in [0.25, 0.3) is 22.5 Å². The average Bonchev–Trinajstić information content (AvgIpc) is 3.43. The number of carbonyl (C=O) groups is 1. The molecule has 4 aromatic rings. The lowest BCUT2D eigenvalue weighted by Gasteiger charge is -2.19. The molecule has 2 amide bonds. The van der Waals surface area contributed by atoms with E-state index in [2.05, 4.69) is 50.3 Å². The number of hydrogen-bond acceptors (Lipinski definition) is 5. The van der Waals surface area contributed by atoms with Crippen LogP contribution in [0.5, 0.6) is 5.75 Å². The Kier molecular flexibility index (Phi) is 8.08. The highest BCUT2D eigenvalue weighted by Gasteiger charge is 2.18. The Morgan fingerprint density at radius 2 is 1.83 bits per heavy atom. The zero-order valence-electron chi connectivity index (χ0n) is 20.7. The Morgan fingerprint density at radius 1 is 1.06 bits per heavy atom. The fourth-order valence-electron chi connectivity index (χ4n) is 3.84. The highest BCUT2D eigenvalue weighted by atomic mass is 16.5. The lowest BCUT2D eigenvalue weighted by molar-refractivity contribution is 0.262. The summed E-state index contributed by atoms with van der Waals surface area (Å²) in [6, 6.07) is 19.2. The molecule has 0 bridgehead atoms. The molecule has 1 heterocycles. The molecular weight excluding hydrogens is 452 g/mol. The molecule has 0 saturated carbocycles. The number of hydrogen-bond donors (Lipinski definition) is 3. The van der Waals surface area contributed by atoms with Gasteiger partial charge < -0.3 is 15.4 Å². The third-order valence-corrected chi connectivity index (χ3v) is 5.57. The summed E-state index contributed by atoms with van der Waals surface area (Å²) in [6.45, 7) is 6.58. The van der Waals surface area contributed by atoms with Gasteiger partial charge in [-0.1, -0.05) is 61.0 Å². The van der Waals surface area contributed by atoms with Crippen molar-refractivity contribution in [2.75, 3.05) is 17.2 Å². The molecule has 184 valence electrons. The predicted molar refractivity (Wildman–Crippen MR) is 143 cm³/mol. The summed E-state index contributed by atoms with van der Waals surface area (Å²) < 4.78 is 6.16. The summed E-state index contributed by atoms with van der Waals surface area (Å²) in [4.78, 5) is 13.0. The van der Waals surface area contributed by atoms with Gasteiger partial charge in [0.05, 0.1) is 12.3 Å². The summed E-state index contributed by atoms with van der Waals surface area (Å²) >= 11 is 0. The van der Waals surface area contributed by atoms with E-state index in [1.54, 1.807) is 0 Å². The van der Waals surface area contributed by atoms with E-state index < -0.39 is 0 Å². The molecule has 0 unspecified atom stereocenters. The van der Waals surface area contributed by atoms with E-state index >= 15 is 0 Å². The van der Waals surface area contributed by atoms with Crippen LogP contribution in [0.2, 0.25) is 0 Å². The molecule has 4 rings (SSSR count). The van der Waals surface area contributed by atoms with Crippen LogP contribution >= 0.6 is 0 Å². The molecular formula is C28H30N6O2. The first-order valence-corrected chi connectivity index (χ1v) is 12.0. The van der Waals surface area contributed by atoms with Crippen molar-refractivity contribution in [1.82, 2.24) is 20.6 Å². The molecule has 0 aliphatic heterocycles. The van der Waals surface area contributed by atoms with Gasteiger partial charge in [-0.2, -0.15) is 5.21 Å². The highest BCUT2D eigenvalue weighted by Crippen LogP contribution is 2.38. The zero-order valence-corrected chi connectivity index (χ0v) is 20.7. The highest BCUT2D eigenvalue weighted by molar-refractivity contribution is 6.01. The summed E-state index contributed by atoms with van der Waals surface area (Å²) in [6.07, 6.45) is 5.57. The molecule has 0 atom stereocenters. The summed E-state index contributed by atoms with van der Waals surface area (Å²) in [7, 11) is 0. The topological polar surface area (TPSA) is 105 Å². The Bertz CT molecular complexity index is 1330. The van der Waals surface area contributed by atoms with Crippen molar-refractivity contribution < 1.29 is 9.53 Å². The van der Waals surface area contributed by atoms with Crippen LogP contribution in [0.1, 0.15) is 31.4 Å². The Morgan fingerprint density at radius 3 is 2.53 bits per heavy atom. The fourth-order valence-corrected chi connectivity index (χ4v) is 3.84. The molecule has 3 N–H and O–H groups in total. The molecule has 1 aromatic heterocycles. The summed E-state index contributed by atoms with van der Waals surface area (Å²) in [5.41, 5.74) is 6.05. The maximum atomic E-state index is 13.0. The third-order valence-electron chi connectivity index (χ3n) is 5.57. The van der Waals surface area contributed by atoms with Crippen molar-refractivity contribution in [3.8, 4) is 28.3 Å². The smallest absolute Gasteiger partial charge is 0.323 e.